The third-order valence-electron chi connectivity index (χ3n) is 1.19. The van der Waals surface area contributed by atoms with Crippen molar-refractivity contribution in [1.29, 1.82) is 0 Å². The Labute approximate surface area is 58.7 Å². The normalized spacial score (nSPS) is 9.70. The predicted octanol–water partition coefficient (Wildman–Crippen LogP) is 0.357. The highest BCUT2D eigenvalue weighted by Crippen LogP contribution is 2.23. The van der Waals surface area contributed by atoms with Gasteiger partial charge < -0.3 is 15.9 Å². The molecule has 4 N–H and O–H groups in total. The van der Waals surface area contributed by atoms with Gasteiger partial charge in [0, 0.05) is 6.54 Å². The summed E-state index contributed by atoms with van der Waals surface area (Å²) in [6.07, 6.45) is 0. The predicted molar refractivity (Wildman–Crippen MR) is 36.5 cm³/mol. The molecule has 0 saturated carbocycles. The van der Waals surface area contributed by atoms with Crippen LogP contribution in [0, 0.1) is 6.07 Å². The van der Waals surface area contributed by atoms with Gasteiger partial charge in [-0.25, -0.2) is 0 Å². The van der Waals surface area contributed by atoms with Gasteiger partial charge in [0.2, 0.25) is 0 Å². The monoisotopic (exact) mass is 138 g/mol. The molecule has 0 aliphatic heterocycles. The lowest BCUT2D eigenvalue weighted by Crippen LogP contribution is -1.95. The van der Waals surface area contributed by atoms with Gasteiger partial charge in [-0.2, -0.15) is 0 Å². The molecule has 0 fully saturated rings. The summed E-state index contributed by atoms with van der Waals surface area (Å²) in [5.74, 6) is -0.323. The van der Waals surface area contributed by atoms with Crippen molar-refractivity contribution in [2.75, 3.05) is 0 Å². The Morgan fingerprint density at radius 3 is 2.60 bits per heavy atom. The number of aromatic hydroxyl groups is 2. The second-order valence-electron chi connectivity index (χ2n) is 1.93. The molecule has 0 heterocycles. The van der Waals surface area contributed by atoms with Gasteiger partial charge >= 0.3 is 0 Å². The fourth-order valence-corrected chi connectivity index (χ4v) is 0.633. The zero-order chi connectivity index (χ0) is 7.56. The molecule has 3 heteroatoms. The Balaban J connectivity index is 3.04. The molecular weight excluding hydrogens is 130 g/mol. The lowest BCUT2D eigenvalue weighted by Gasteiger charge is -1.98. The van der Waals surface area contributed by atoms with Crippen molar-refractivity contribution in [3.8, 4) is 11.5 Å². The van der Waals surface area contributed by atoms with Crippen molar-refractivity contribution in [3.63, 3.8) is 0 Å². The van der Waals surface area contributed by atoms with Crippen LogP contribution < -0.4 is 5.73 Å². The SMILES string of the molecule is NCc1[c]cc(O)c(O)c1. The number of phenols is 2. The van der Waals surface area contributed by atoms with Gasteiger partial charge in [0.25, 0.3) is 0 Å². The van der Waals surface area contributed by atoms with Crippen molar-refractivity contribution < 1.29 is 10.2 Å². The first-order valence-electron chi connectivity index (χ1n) is 2.86. The molecule has 0 amide bonds. The van der Waals surface area contributed by atoms with E-state index in [0.29, 0.717) is 12.1 Å². The van der Waals surface area contributed by atoms with Gasteiger partial charge in [-0.05, 0) is 23.8 Å². The molecule has 0 spiro atoms. The molecule has 0 aliphatic rings. The van der Waals surface area contributed by atoms with E-state index in [1.807, 2.05) is 0 Å². The zero-order valence-electron chi connectivity index (χ0n) is 5.33. The Morgan fingerprint density at radius 2 is 2.10 bits per heavy atom. The van der Waals surface area contributed by atoms with Crippen molar-refractivity contribution >= 4 is 0 Å². The number of rotatable bonds is 1. The maximum absolute atomic E-state index is 8.91. The Hall–Kier alpha value is -1.22. The van der Waals surface area contributed by atoms with Gasteiger partial charge in [0.1, 0.15) is 0 Å². The average molecular weight is 138 g/mol. The largest absolute Gasteiger partial charge is 0.504 e. The summed E-state index contributed by atoms with van der Waals surface area (Å²) in [7, 11) is 0. The maximum Gasteiger partial charge on any atom is 0.158 e. The molecule has 0 aromatic heterocycles. The Bertz CT molecular complexity index is 235. The van der Waals surface area contributed by atoms with Crippen LogP contribution >= 0.6 is 0 Å². The van der Waals surface area contributed by atoms with E-state index in [1.165, 1.54) is 12.1 Å². The fourth-order valence-electron chi connectivity index (χ4n) is 0.633. The standard InChI is InChI=1S/C7H8NO2/c8-4-5-1-2-6(9)7(10)3-5/h2-3,9-10H,4,8H2. The van der Waals surface area contributed by atoms with Crippen LogP contribution in [-0.2, 0) is 6.54 Å². The van der Waals surface area contributed by atoms with E-state index in [4.69, 9.17) is 15.9 Å². The van der Waals surface area contributed by atoms with E-state index in [0.717, 1.165) is 0 Å². The lowest BCUT2D eigenvalue weighted by molar-refractivity contribution is 0.403. The summed E-state index contributed by atoms with van der Waals surface area (Å²) in [6, 6.07) is 5.37. The summed E-state index contributed by atoms with van der Waals surface area (Å²) in [4.78, 5) is 0. The maximum atomic E-state index is 8.91. The first-order valence-corrected chi connectivity index (χ1v) is 2.86. The fraction of sp³-hybridized carbons (Fsp3) is 0.143. The molecule has 10 heavy (non-hydrogen) atoms. The molecule has 3 nitrogen and oxygen atoms in total. The van der Waals surface area contributed by atoms with Crippen LogP contribution in [0.4, 0.5) is 0 Å². The van der Waals surface area contributed by atoms with Gasteiger partial charge in [-0.15, -0.1) is 0 Å². The lowest BCUT2D eigenvalue weighted by atomic mass is 10.2. The number of benzene rings is 1. The van der Waals surface area contributed by atoms with Gasteiger partial charge in [-0.1, -0.05) is 0 Å². The minimum absolute atomic E-state index is 0.154. The van der Waals surface area contributed by atoms with E-state index in [-0.39, 0.29) is 11.5 Å². The van der Waals surface area contributed by atoms with E-state index < -0.39 is 0 Å². The van der Waals surface area contributed by atoms with Crippen LogP contribution in [0.25, 0.3) is 0 Å². The van der Waals surface area contributed by atoms with E-state index >= 15 is 0 Å². The molecule has 1 aromatic rings. The highest BCUT2D eigenvalue weighted by atomic mass is 16.3. The van der Waals surface area contributed by atoms with Gasteiger partial charge in [-0.3, -0.25) is 0 Å². The van der Waals surface area contributed by atoms with Crippen LogP contribution in [-0.4, -0.2) is 10.2 Å². The van der Waals surface area contributed by atoms with Crippen LogP contribution in [0.1, 0.15) is 5.56 Å². The average Bonchev–Trinajstić information content (AvgIpc) is 1.95. The summed E-state index contributed by atoms with van der Waals surface area (Å²) in [5.41, 5.74) is 5.92. The molecule has 0 aliphatic carbocycles. The van der Waals surface area contributed by atoms with Crippen LogP contribution in [0.15, 0.2) is 12.1 Å². The molecule has 0 bridgehead atoms. The number of hydrogen-bond acceptors (Lipinski definition) is 3. The second-order valence-corrected chi connectivity index (χ2v) is 1.93. The molecule has 1 aromatic carbocycles. The third kappa shape index (κ3) is 1.19. The zero-order valence-corrected chi connectivity index (χ0v) is 5.33. The number of hydrogen-bond donors (Lipinski definition) is 3. The second kappa shape index (κ2) is 2.58. The van der Waals surface area contributed by atoms with Crippen molar-refractivity contribution in [2.24, 2.45) is 5.73 Å². The third-order valence-corrected chi connectivity index (χ3v) is 1.19. The summed E-state index contributed by atoms with van der Waals surface area (Å²) in [6.45, 7) is 0.313. The molecule has 0 unspecified atom stereocenters. The van der Waals surface area contributed by atoms with E-state index in [9.17, 15) is 0 Å². The smallest absolute Gasteiger partial charge is 0.158 e. The number of nitrogens with two attached hydrogens (primary N) is 1. The summed E-state index contributed by atoms with van der Waals surface area (Å²) >= 11 is 0. The molecule has 1 rings (SSSR count). The minimum Gasteiger partial charge on any atom is -0.504 e. The number of phenolic OH excluding ortho intramolecular Hbond substituents is 2. The van der Waals surface area contributed by atoms with Crippen LogP contribution in [0.2, 0.25) is 0 Å². The molecule has 1 radical (unpaired) electrons. The highest BCUT2D eigenvalue weighted by Gasteiger charge is 1.97. The van der Waals surface area contributed by atoms with E-state index in [2.05, 4.69) is 6.07 Å². The first kappa shape index (κ1) is 6.89. The van der Waals surface area contributed by atoms with E-state index in [1.54, 1.807) is 0 Å². The van der Waals surface area contributed by atoms with Crippen LogP contribution in [0.5, 0.6) is 11.5 Å². The molecule has 0 atom stereocenters. The quantitative estimate of drug-likeness (QED) is 0.491. The van der Waals surface area contributed by atoms with Crippen molar-refractivity contribution in [1.82, 2.24) is 0 Å². The van der Waals surface area contributed by atoms with Gasteiger partial charge in [0.05, 0.1) is 0 Å². The van der Waals surface area contributed by atoms with Gasteiger partial charge in [0.15, 0.2) is 11.5 Å². The van der Waals surface area contributed by atoms with Crippen molar-refractivity contribution in [2.45, 2.75) is 6.54 Å². The Kier molecular flexibility index (Phi) is 1.78. The summed E-state index contributed by atoms with van der Waals surface area (Å²) in [5, 5.41) is 17.7. The molecular formula is C7H8NO2. The first-order chi connectivity index (χ1) is 4.74. The topological polar surface area (TPSA) is 66.5 Å². The van der Waals surface area contributed by atoms with Crippen molar-refractivity contribution in [3.05, 3.63) is 23.8 Å². The molecule has 53 valence electrons. The minimum atomic E-state index is -0.169. The molecule has 0 saturated heterocycles. The highest BCUT2D eigenvalue weighted by molar-refractivity contribution is 5.39. The summed E-state index contributed by atoms with van der Waals surface area (Å²) < 4.78 is 0. The Morgan fingerprint density at radius 1 is 1.40 bits per heavy atom. The van der Waals surface area contributed by atoms with Crippen LogP contribution in [0.3, 0.4) is 0 Å².